The third kappa shape index (κ3) is 3.62. The second kappa shape index (κ2) is 5.39. The van der Waals surface area contributed by atoms with Crippen molar-refractivity contribution in [3.8, 4) is 11.5 Å². The molecule has 3 nitrogen and oxygen atoms in total. The molecule has 1 aromatic carbocycles. The predicted octanol–water partition coefficient (Wildman–Crippen LogP) is 2.80. The Kier molecular flexibility index (Phi) is 4.16. The zero-order valence-electron chi connectivity index (χ0n) is 9.12. The molecule has 1 rings (SSSR count). The van der Waals surface area contributed by atoms with Crippen molar-refractivity contribution in [1.82, 2.24) is 0 Å². The molecule has 0 atom stereocenters. The summed E-state index contributed by atoms with van der Waals surface area (Å²) in [4.78, 5) is 11.3. The molecule has 0 saturated carbocycles. The number of esters is 1. The van der Waals surface area contributed by atoms with Crippen LogP contribution in [-0.2, 0) is 4.79 Å². The number of phenols is 1. The highest BCUT2D eigenvalue weighted by atomic mass is 16.5. The van der Waals surface area contributed by atoms with Crippen molar-refractivity contribution in [3.63, 3.8) is 0 Å². The smallest absolute Gasteiger partial charge is 0.311 e. The van der Waals surface area contributed by atoms with Crippen LogP contribution in [0.25, 0.3) is 0 Å². The molecule has 0 amide bonds. The third-order valence-corrected chi connectivity index (χ3v) is 2.07. The van der Waals surface area contributed by atoms with Gasteiger partial charge < -0.3 is 9.84 Å². The van der Waals surface area contributed by atoms with Crippen LogP contribution in [-0.4, -0.2) is 11.1 Å². The maximum Gasteiger partial charge on any atom is 0.311 e. The lowest BCUT2D eigenvalue weighted by Gasteiger charge is -2.06. The van der Waals surface area contributed by atoms with Crippen LogP contribution < -0.4 is 4.74 Å². The largest absolute Gasteiger partial charge is 0.504 e. The standard InChI is InChI=1S/C12H16O3/c1-3-4-5-12(14)15-11-7-6-9(2)8-10(11)13/h6-8,13H,3-5H2,1-2H3. The quantitative estimate of drug-likeness (QED) is 0.611. The second-order valence-corrected chi connectivity index (χ2v) is 3.55. The number of unbranched alkanes of at least 4 members (excludes halogenated alkanes) is 1. The zero-order chi connectivity index (χ0) is 11.3. The van der Waals surface area contributed by atoms with Crippen LogP contribution in [0.1, 0.15) is 31.7 Å². The molecular formula is C12H16O3. The molecule has 0 aliphatic heterocycles. The summed E-state index contributed by atoms with van der Waals surface area (Å²) in [6.07, 6.45) is 2.16. The monoisotopic (exact) mass is 208 g/mol. The number of hydrogen-bond acceptors (Lipinski definition) is 3. The van der Waals surface area contributed by atoms with Gasteiger partial charge in [-0.2, -0.15) is 0 Å². The Balaban J connectivity index is 2.60. The molecule has 0 bridgehead atoms. The molecule has 0 spiro atoms. The van der Waals surface area contributed by atoms with Gasteiger partial charge >= 0.3 is 5.97 Å². The summed E-state index contributed by atoms with van der Waals surface area (Å²) in [5, 5.41) is 9.49. The van der Waals surface area contributed by atoms with Crippen molar-refractivity contribution in [1.29, 1.82) is 0 Å². The van der Waals surface area contributed by atoms with Crippen LogP contribution >= 0.6 is 0 Å². The highest BCUT2D eigenvalue weighted by molar-refractivity contribution is 5.73. The van der Waals surface area contributed by atoms with Gasteiger partial charge in [-0.3, -0.25) is 4.79 Å². The molecule has 0 heterocycles. The Morgan fingerprint density at radius 3 is 2.80 bits per heavy atom. The first-order valence-electron chi connectivity index (χ1n) is 5.13. The molecule has 0 unspecified atom stereocenters. The number of aryl methyl sites for hydroxylation is 1. The number of carbonyl (C=O) groups excluding carboxylic acids is 1. The summed E-state index contributed by atoms with van der Waals surface area (Å²) in [6, 6.07) is 4.97. The number of ether oxygens (including phenoxy) is 1. The van der Waals surface area contributed by atoms with E-state index in [1.54, 1.807) is 18.2 Å². The fraction of sp³-hybridized carbons (Fsp3) is 0.417. The van der Waals surface area contributed by atoms with Crippen LogP contribution in [0, 0.1) is 6.92 Å². The minimum absolute atomic E-state index is 0.0137. The van der Waals surface area contributed by atoms with Crippen molar-refractivity contribution in [2.24, 2.45) is 0 Å². The molecule has 0 aromatic heterocycles. The molecule has 0 saturated heterocycles. The first kappa shape index (κ1) is 11.6. The number of carbonyl (C=O) groups is 1. The first-order chi connectivity index (χ1) is 7.13. The number of rotatable bonds is 4. The molecule has 1 aromatic rings. The fourth-order valence-corrected chi connectivity index (χ4v) is 1.21. The van der Waals surface area contributed by atoms with Gasteiger partial charge in [-0.15, -0.1) is 0 Å². The molecule has 82 valence electrons. The fourth-order valence-electron chi connectivity index (χ4n) is 1.21. The van der Waals surface area contributed by atoms with Crippen LogP contribution in [0.5, 0.6) is 11.5 Å². The van der Waals surface area contributed by atoms with Crippen LogP contribution in [0.2, 0.25) is 0 Å². The van der Waals surface area contributed by atoms with E-state index in [-0.39, 0.29) is 17.5 Å². The summed E-state index contributed by atoms with van der Waals surface area (Å²) < 4.78 is 5.01. The van der Waals surface area contributed by atoms with E-state index in [2.05, 4.69) is 0 Å². The van der Waals surface area contributed by atoms with E-state index in [9.17, 15) is 9.90 Å². The molecule has 0 aliphatic carbocycles. The van der Waals surface area contributed by atoms with E-state index in [4.69, 9.17) is 4.74 Å². The van der Waals surface area contributed by atoms with E-state index >= 15 is 0 Å². The highest BCUT2D eigenvalue weighted by Gasteiger charge is 2.07. The average molecular weight is 208 g/mol. The second-order valence-electron chi connectivity index (χ2n) is 3.55. The molecular weight excluding hydrogens is 192 g/mol. The van der Waals surface area contributed by atoms with Gasteiger partial charge in [-0.25, -0.2) is 0 Å². The van der Waals surface area contributed by atoms with Crippen LogP contribution in [0.3, 0.4) is 0 Å². The van der Waals surface area contributed by atoms with E-state index in [0.717, 1.165) is 18.4 Å². The molecule has 0 radical (unpaired) electrons. The van der Waals surface area contributed by atoms with Gasteiger partial charge in [0.25, 0.3) is 0 Å². The molecule has 3 heteroatoms. The summed E-state index contributed by atoms with van der Waals surface area (Å²) in [7, 11) is 0. The minimum atomic E-state index is -0.295. The van der Waals surface area contributed by atoms with Crippen LogP contribution in [0.4, 0.5) is 0 Å². The summed E-state index contributed by atoms with van der Waals surface area (Å²) in [5.41, 5.74) is 0.931. The topological polar surface area (TPSA) is 46.5 Å². The number of hydrogen-bond donors (Lipinski definition) is 1. The Bertz CT molecular complexity index is 345. The Morgan fingerprint density at radius 1 is 1.47 bits per heavy atom. The van der Waals surface area contributed by atoms with E-state index in [0.29, 0.717) is 6.42 Å². The zero-order valence-corrected chi connectivity index (χ0v) is 9.12. The summed E-state index contributed by atoms with van der Waals surface area (Å²) in [5.74, 6) is -0.0439. The number of aromatic hydroxyl groups is 1. The molecule has 0 aliphatic rings. The molecule has 15 heavy (non-hydrogen) atoms. The van der Waals surface area contributed by atoms with Gasteiger partial charge in [0, 0.05) is 6.42 Å². The van der Waals surface area contributed by atoms with Gasteiger partial charge in [-0.05, 0) is 31.0 Å². The maximum absolute atomic E-state index is 11.3. The van der Waals surface area contributed by atoms with Crippen molar-refractivity contribution in [3.05, 3.63) is 23.8 Å². The van der Waals surface area contributed by atoms with Gasteiger partial charge in [0.2, 0.25) is 0 Å². The number of benzene rings is 1. The molecule has 1 N–H and O–H groups in total. The lowest BCUT2D eigenvalue weighted by Crippen LogP contribution is -2.07. The Hall–Kier alpha value is -1.51. The minimum Gasteiger partial charge on any atom is -0.504 e. The lowest BCUT2D eigenvalue weighted by atomic mass is 10.2. The molecule has 0 fully saturated rings. The lowest BCUT2D eigenvalue weighted by molar-refractivity contribution is -0.134. The van der Waals surface area contributed by atoms with Gasteiger partial charge in [0.1, 0.15) is 0 Å². The predicted molar refractivity (Wildman–Crippen MR) is 58.0 cm³/mol. The number of phenolic OH excluding ortho intramolecular Hbond substituents is 1. The first-order valence-corrected chi connectivity index (χ1v) is 5.13. The SMILES string of the molecule is CCCCC(=O)Oc1ccc(C)cc1O. The maximum atomic E-state index is 11.3. The Labute approximate surface area is 89.7 Å². The van der Waals surface area contributed by atoms with Crippen LogP contribution in [0.15, 0.2) is 18.2 Å². The highest BCUT2D eigenvalue weighted by Crippen LogP contribution is 2.26. The summed E-state index contributed by atoms with van der Waals surface area (Å²) >= 11 is 0. The Morgan fingerprint density at radius 2 is 2.20 bits per heavy atom. The van der Waals surface area contributed by atoms with E-state index < -0.39 is 0 Å². The van der Waals surface area contributed by atoms with Gasteiger partial charge in [0.05, 0.1) is 0 Å². The normalized spacial score (nSPS) is 10.0. The summed E-state index contributed by atoms with van der Waals surface area (Å²) in [6.45, 7) is 3.87. The van der Waals surface area contributed by atoms with Gasteiger partial charge in [-0.1, -0.05) is 19.4 Å². The average Bonchev–Trinajstić information content (AvgIpc) is 2.19. The van der Waals surface area contributed by atoms with Crippen molar-refractivity contribution < 1.29 is 14.6 Å². The van der Waals surface area contributed by atoms with E-state index in [1.807, 2.05) is 13.8 Å². The van der Waals surface area contributed by atoms with Gasteiger partial charge in [0.15, 0.2) is 11.5 Å². The van der Waals surface area contributed by atoms with Crippen molar-refractivity contribution in [2.45, 2.75) is 33.1 Å². The third-order valence-electron chi connectivity index (χ3n) is 2.07. The van der Waals surface area contributed by atoms with Crippen molar-refractivity contribution in [2.75, 3.05) is 0 Å². The van der Waals surface area contributed by atoms with Crippen molar-refractivity contribution >= 4 is 5.97 Å². The van der Waals surface area contributed by atoms with E-state index in [1.165, 1.54) is 0 Å².